The Bertz CT molecular complexity index is 382. The van der Waals surface area contributed by atoms with Crippen LogP contribution in [0.25, 0.3) is 0 Å². The van der Waals surface area contributed by atoms with Gasteiger partial charge in [0.15, 0.2) is 0 Å². The first-order valence-corrected chi connectivity index (χ1v) is 4.81. The van der Waals surface area contributed by atoms with Gasteiger partial charge < -0.3 is 5.32 Å². The highest BCUT2D eigenvalue weighted by Gasteiger charge is 2.04. The van der Waals surface area contributed by atoms with Crippen molar-refractivity contribution in [3.8, 4) is 6.07 Å². The van der Waals surface area contributed by atoms with E-state index in [0.717, 1.165) is 5.56 Å². The molecule has 4 nitrogen and oxygen atoms in total. The molecule has 0 aliphatic carbocycles. The second kappa shape index (κ2) is 5.76. The van der Waals surface area contributed by atoms with Crippen LogP contribution >= 0.6 is 0 Å². The molecule has 0 spiro atoms. The number of carbonyl (C=O) groups is 1. The topological polar surface area (TPSA) is 65.8 Å². The van der Waals surface area contributed by atoms with Crippen molar-refractivity contribution in [3.05, 3.63) is 29.6 Å². The molecule has 0 aromatic carbocycles. The number of carbonyl (C=O) groups excluding carboxylic acids is 1. The van der Waals surface area contributed by atoms with Gasteiger partial charge in [-0.25, -0.2) is 0 Å². The Hall–Kier alpha value is -1.89. The summed E-state index contributed by atoms with van der Waals surface area (Å²) in [5.74, 6) is -0.135. The number of unbranched alkanes of at least 4 members (excludes halogenated alkanes) is 1. The summed E-state index contributed by atoms with van der Waals surface area (Å²) in [6, 6.07) is 3.81. The molecule has 1 heterocycles. The van der Waals surface area contributed by atoms with E-state index in [-0.39, 0.29) is 5.91 Å². The summed E-state index contributed by atoms with van der Waals surface area (Å²) in [6.45, 7) is 2.42. The SMILES string of the molecule is Cc1cncc(C(=O)NCCCC#N)c1. The highest BCUT2D eigenvalue weighted by molar-refractivity contribution is 5.93. The van der Waals surface area contributed by atoms with Gasteiger partial charge in [-0.2, -0.15) is 5.26 Å². The van der Waals surface area contributed by atoms with Crippen LogP contribution in [0.2, 0.25) is 0 Å². The maximum atomic E-state index is 11.5. The van der Waals surface area contributed by atoms with E-state index in [1.54, 1.807) is 12.3 Å². The zero-order valence-corrected chi connectivity index (χ0v) is 8.66. The molecule has 0 saturated carbocycles. The van der Waals surface area contributed by atoms with Gasteiger partial charge in [0.25, 0.3) is 5.91 Å². The predicted octanol–water partition coefficient (Wildman–Crippen LogP) is 1.42. The van der Waals surface area contributed by atoms with Crippen molar-refractivity contribution in [1.82, 2.24) is 10.3 Å². The number of nitrogens with one attached hydrogen (secondary N) is 1. The van der Waals surface area contributed by atoms with E-state index in [2.05, 4.69) is 10.3 Å². The van der Waals surface area contributed by atoms with E-state index < -0.39 is 0 Å². The van der Waals surface area contributed by atoms with Gasteiger partial charge in [0.1, 0.15) is 0 Å². The summed E-state index contributed by atoms with van der Waals surface area (Å²) in [6.07, 6.45) is 4.38. The van der Waals surface area contributed by atoms with Gasteiger partial charge in [-0.1, -0.05) is 0 Å². The number of pyridine rings is 1. The van der Waals surface area contributed by atoms with Crippen LogP contribution in [0.5, 0.6) is 0 Å². The Morgan fingerprint density at radius 2 is 2.40 bits per heavy atom. The van der Waals surface area contributed by atoms with Gasteiger partial charge in [-0.15, -0.1) is 0 Å². The largest absolute Gasteiger partial charge is 0.352 e. The lowest BCUT2D eigenvalue weighted by Gasteiger charge is -2.03. The Kier molecular flexibility index (Phi) is 4.30. The number of nitrogens with zero attached hydrogens (tertiary/aromatic N) is 2. The van der Waals surface area contributed by atoms with E-state index in [4.69, 9.17) is 5.26 Å². The number of aromatic nitrogens is 1. The normalized spacial score (nSPS) is 9.33. The summed E-state index contributed by atoms with van der Waals surface area (Å²) in [5.41, 5.74) is 1.52. The van der Waals surface area contributed by atoms with Crippen molar-refractivity contribution >= 4 is 5.91 Å². The second-order valence-electron chi connectivity index (χ2n) is 3.27. The lowest BCUT2D eigenvalue weighted by molar-refractivity contribution is 0.0953. The van der Waals surface area contributed by atoms with Crippen LogP contribution < -0.4 is 5.32 Å². The third-order valence-electron chi connectivity index (χ3n) is 1.89. The molecule has 1 amide bonds. The smallest absolute Gasteiger partial charge is 0.252 e. The average molecular weight is 203 g/mol. The standard InChI is InChI=1S/C11H13N3O/c1-9-6-10(8-13-7-9)11(15)14-5-3-2-4-12/h6-8H,2-3,5H2,1H3,(H,14,15). The molecule has 1 aromatic heterocycles. The molecule has 0 aliphatic heterocycles. The molecule has 1 aromatic rings. The molecule has 1 N–H and O–H groups in total. The molecule has 0 fully saturated rings. The monoisotopic (exact) mass is 203 g/mol. The van der Waals surface area contributed by atoms with Gasteiger partial charge in [-0.3, -0.25) is 9.78 Å². The fourth-order valence-corrected chi connectivity index (χ4v) is 1.15. The van der Waals surface area contributed by atoms with Crippen molar-refractivity contribution in [2.75, 3.05) is 6.54 Å². The van der Waals surface area contributed by atoms with Crippen LogP contribution in [0.4, 0.5) is 0 Å². The van der Waals surface area contributed by atoms with E-state index in [1.165, 1.54) is 6.20 Å². The summed E-state index contributed by atoms with van der Waals surface area (Å²) < 4.78 is 0. The molecule has 0 saturated heterocycles. The summed E-state index contributed by atoms with van der Waals surface area (Å²) in [4.78, 5) is 15.5. The number of hydrogen-bond acceptors (Lipinski definition) is 3. The lowest BCUT2D eigenvalue weighted by Crippen LogP contribution is -2.24. The van der Waals surface area contributed by atoms with Gasteiger partial charge in [0, 0.05) is 25.4 Å². The fraction of sp³-hybridized carbons (Fsp3) is 0.364. The van der Waals surface area contributed by atoms with Crippen LogP contribution in [0.3, 0.4) is 0 Å². The summed E-state index contributed by atoms with van der Waals surface area (Å²) in [7, 11) is 0. The van der Waals surface area contributed by atoms with Gasteiger partial charge in [-0.05, 0) is 25.0 Å². The molecular formula is C11H13N3O. The minimum absolute atomic E-state index is 0.135. The van der Waals surface area contributed by atoms with Crippen LogP contribution in [0.15, 0.2) is 18.5 Å². The minimum atomic E-state index is -0.135. The highest BCUT2D eigenvalue weighted by atomic mass is 16.1. The second-order valence-corrected chi connectivity index (χ2v) is 3.27. The molecule has 1 rings (SSSR count). The summed E-state index contributed by atoms with van der Waals surface area (Å²) in [5, 5.41) is 11.0. The van der Waals surface area contributed by atoms with Crippen LogP contribution in [0.1, 0.15) is 28.8 Å². The number of rotatable bonds is 4. The molecule has 0 unspecified atom stereocenters. The van der Waals surface area contributed by atoms with Crippen molar-refractivity contribution in [2.45, 2.75) is 19.8 Å². The summed E-state index contributed by atoms with van der Waals surface area (Å²) >= 11 is 0. The van der Waals surface area contributed by atoms with E-state index >= 15 is 0 Å². The molecular weight excluding hydrogens is 190 g/mol. The first-order chi connectivity index (χ1) is 7.24. The Morgan fingerprint density at radius 1 is 1.60 bits per heavy atom. The first kappa shape index (κ1) is 11.2. The van der Waals surface area contributed by atoms with E-state index in [1.807, 2.05) is 13.0 Å². The Balaban J connectivity index is 2.44. The molecule has 0 aliphatic rings. The molecule has 0 atom stereocenters. The number of aryl methyl sites for hydroxylation is 1. The third kappa shape index (κ3) is 3.77. The molecule has 0 radical (unpaired) electrons. The Morgan fingerprint density at radius 3 is 3.07 bits per heavy atom. The Labute approximate surface area is 88.9 Å². The number of nitriles is 1. The van der Waals surface area contributed by atoms with Crippen molar-refractivity contribution in [1.29, 1.82) is 5.26 Å². The zero-order chi connectivity index (χ0) is 11.1. The van der Waals surface area contributed by atoms with Crippen LogP contribution in [-0.2, 0) is 0 Å². The van der Waals surface area contributed by atoms with Gasteiger partial charge in [0.2, 0.25) is 0 Å². The highest BCUT2D eigenvalue weighted by Crippen LogP contribution is 2.00. The van der Waals surface area contributed by atoms with Crippen molar-refractivity contribution < 1.29 is 4.79 Å². The van der Waals surface area contributed by atoms with Crippen LogP contribution in [0, 0.1) is 18.3 Å². The first-order valence-electron chi connectivity index (χ1n) is 4.81. The maximum Gasteiger partial charge on any atom is 0.252 e. The maximum absolute atomic E-state index is 11.5. The van der Waals surface area contributed by atoms with Crippen molar-refractivity contribution in [3.63, 3.8) is 0 Å². The fourth-order valence-electron chi connectivity index (χ4n) is 1.15. The molecule has 78 valence electrons. The molecule has 15 heavy (non-hydrogen) atoms. The van der Waals surface area contributed by atoms with Crippen molar-refractivity contribution in [2.24, 2.45) is 0 Å². The van der Waals surface area contributed by atoms with Crippen LogP contribution in [-0.4, -0.2) is 17.4 Å². The third-order valence-corrected chi connectivity index (χ3v) is 1.89. The van der Waals surface area contributed by atoms with Gasteiger partial charge >= 0.3 is 0 Å². The predicted molar refractivity (Wildman–Crippen MR) is 56.2 cm³/mol. The zero-order valence-electron chi connectivity index (χ0n) is 8.66. The number of amides is 1. The minimum Gasteiger partial charge on any atom is -0.352 e. The lowest BCUT2D eigenvalue weighted by atomic mass is 10.2. The van der Waals surface area contributed by atoms with Gasteiger partial charge in [0.05, 0.1) is 11.6 Å². The van der Waals surface area contributed by atoms with E-state index in [9.17, 15) is 4.79 Å². The molecule has 0 bridgehead atoms. The van der Waals surface area contributed by atoms with E-state index in [0.29, 0.717) is 24.9 Å². The average Bonchev–Trinajstić information content (AvgIpc) is 2.24. The number of hydrogen-bond donors (Lipinski definition) is 1. The molecule has 4 heteroatoms. The quantitative estimate of drug-likeness (QED) is 0.752.